The van der Waals surface area contributed by atoms with Gasteiger partial charge in [0.1, 0.15) is 5.75 Å². The molecule has 0 radical (unpaired) electrons. The fourth-order valence-electron chi connectivity index (χ4n) is 3.29. The molecule has 0 saturated carbocycles. The molecule has 0 spiro atoms. The van der Waals surface area contributed by atoms with Crippen LogP contribution in [0.2, 0.25) is 0 Å². The van der Waals surface area contributed by atoms with Crippen LogP contribution in [0.3, 0.4) is 0 Å². The number of rotatable bonds is 8. The van der Waals surface area contributed by atoms with Crippen LogP contribution >= 0.6 is 0 Å². The highest BCUT2D eigenvalue weighted by molar-refractivity contribution is 7.89. The Morgan fingerprint density at radius 3 is 2.40 bits per heavy atom. The third kappa shape index (κ3) is 5.37. The van der Waals surface area contributed by atoms with E-state index in [0.29, 0.717) is 18.8 Å². The third-order valence-corrected chi connectivity index (χ3v) is 6.15. The molecule has 0 aliphatic carbocycles. The molecule has 3 rings (SSSR count). The molecule has 1 aliphatic rings. The summed E-state index contributed by atoms with van der Waals surface area (Å²) in [5.41, 5.74) is 1.29. The summed E-state index contributed by atoms with van der Waals surface area (Å²) in [4.78, 5) is 25.2. The molecule has 2 amide bonds. The number of hydrogen-bond acceptors (Lipinski definition) is 5. The van der Waals surface area contributed by atoms with E-state index in [-0.39, 0.29) is 35.6 Å². The third-order valence-electron chi connectivity index (χ3n) is 4.71. The van der Waals surface area contributed by atoms with Crippen LogP contribution in [0.25, 0.3) is 0 Å². The van der Waals surface area contributed by atoms with Gasteiger partial charge in [0.15, 0.2) is 0 Å². The second-order valence-corrected chi connectivity index (χ2v) is 8.83. The standard InChI is InChI=1S/C21H25N3O5S/c1-3-29-19-8-6-18(7-9-19)24-14-16(12-21(24)26)13-22-30(27,28)20-10-4-17(5-11-20)23-15(2)25/h4-11,16,22H,3,12-14H2,1-2H3,(H,23,25). The molecular formula is C21H25N3O5S. The van der Waals surface area contributed by atoms with Crippen molar-refractivity contribution in [2.75, 3.05) is 29.9 Å². The van der Waals surface area contributed by atoms with Gasteiger partial charge in [-0.1, -0.05) is 0 Å². The lowest BCUT2D eigenvalue weighted by Crippen LogP contribution is -2.31. The average molecular weight is 432 g/mol. The van der Waals surface area contributed by atoms with Crippen molar-refractivity contribution in [1.82, 2.24) is 4.72 Å². The van der Waals surface area contributed by atoms with Crippen molar-refractivity contribution in [1.29, 1.82) is 0 Å². The fourth-order valence-corrected chi connectivity index (χ4v) is 4.40. The minimum atomic E-state index is -3.71. The van der Waals surface area contributed by atoms with Crippen molar-refractivity contribution < 1.29 is 22.7 Å². The Kier molecular flexibility index (Phi) is 6.73. The Morgan fingerprint density at radius 2 is 1.80 bits per heavy atom. The number of amides is 2. The number of sulfonamides is 1. The lowest BCUT2D eigenvalue weighted by atomic mass is 10.1. The SMILES string of the molecule is CCOc1ccc(N2CC(CNS(=O)(=O)c3ccc(NC(C)=O)cc3)CC2=O)cc1. The molecule has 1 saturated heterocycles. The summed E-state index contributed by atoms with van der Waals surface area (Å²) >= 11 is 0. The van der Waals surface area contributed by atoms with Crippen molar-refractivity contribution in [3.8, 4) is 5.75 Å². The Hall–Kier alpha value is -2.91. The van der Waals surface area contributed by atoms with Gasteiger partial charge in [0, 0.05) is 37.8 Å². The van der Waals surface area contributed by atoms with Crippen molar-refractivity contribution >= 4 is 33.2 Å². The number of carbonyl (C=O) groups is 2. The predicted octanol–water partition coefficient (Wildman–Crippen LogP) is 2.38. The number of hydrogen-bond donors (Lipinski definition) is 2. The number of carbonyl (C=O) groups excluding carboxylic acids is 2. The first-order chi connectivity index (χ1) is 14.3. The summed E-state index contributed by atoms with van der Waals surface area (Å²) in [6, 6.07) is 13.2. The molecule has 1 heterocycles. The molecule has 8 nitrogen and oxygen atoms in total. The highest BCUT2D eigenvalue weighted by Crippen LogP contribution is 2.27. The molecule has 2 aromatic carbocycles. The van der Waals surface area contributed by atoms with E-state index in [0.717, 1.165) is 11.4 Å². The van der Waals surface area contributed by atoms with Gasteiger partial charge >= 0.3 is 0 Å². The molecule has 1 unspecified atom stereocenters. The normalized spacial score (nSPS) is 16.5. The first-order valence-electron chi connectivity index (χ1n) is 9.69. The molecule has 2 N–H and O–H groups in total. The zero-order chi connectivity index (χ0) is 21.7. The van der Waals surface area contributed by atoms with Gasteiger partial charge in [-0.2, -0.15) is 0 Å². The van der Waals surface area contributed by atoms with Gasteiger partial charge in [-0.3, -0.25) is 9.59 Å². The van der Waals surface area contributed by atoms with Crippen molar-refractivity contribution in [3.05, 3.63) is 48.5 Å². The number of ether oxygens (including phenoxy) is 1. The number of nitrogens with one attached hydrogen (secondary N) is 2. The average Bonchev–Trinajstić information content (AvgIpc) is 3.08. The molecule has 1 aliphatic heterocycles. The van der Waals surface area contributed by atoms with E-state index in [4.69, 9.17) is 4.74 Å². The number of anilines is 2. The number of nitrogens with zero attached hydrogens (tertiary/aromatic N) is 1. The van der Waals surface area contributed by atoms with Crippen LogP contribution in [-0.4, -0.2) is 39.9 Å². The molecule has 1 atom stereocenters. The molecule has 0 bridgehead atoms. The summed E-state index contributed by atoms with van der Waals surface area (Å²) in [7, 11) is -3.71. The van der Waals surface area contributed by atoms with Gasteiger partial charge in [0.2, 0.25) is 21.8 Å². The molecule has 9 heteroatoms. The summed E-state index contributed by atoms with van der Waals surface area (Å²) in [5.74, 6) is 0.342. The highest BCUT2D eigenvalue weighted by Gasteiger charge is 2.31. The van der Waals surface area contributed by atoms with E-state index in [1.807, 2.05) is 31.2 Å². The monoisotopic (exact) mass is 431 g/mol. The van der Waals surface area contributed by atoms with Gasteiger partial charge in [-0.15, -0.1) is 0 Å². The molecule has 0 aromatic heterocycles. The van der Waals surface area contributed by atoms with Crippen LogP contribution in [0.4, 0.5) is 11.4 Å². The van der Waals surface area contributed by atoms with Crippen molar-refractivity contribution in [2.24, 2.45) is 5.92 Å². The van der Waals surface area contributed by atoms with Crippen LogP contribution in [-0.2, 0) is 19.6 Å². The quantitative estimate of drug-likeness (QED) is 0.668. The minimum absolute atomic E-state index is 0.0389. The first kappa shape index (κ1) is 21.8. The Bertz CT molecular complexity index is 1000. The zero-order valence-corrected chi connectivity index (χ0v) is 17.7. The van der Waals surface area contributed by atoms with E-state index in [9.17, 15) is 18.0 Å². The van der Waals surface area contributed by atoms with Crippen LogP contribution in [0, 0.1) is 5.92 Å². The first-order valence-corrected chi connectivity index (χ1v) is 11.2. The van der Waals surface area contributed by atoms with Crippen LogP contribution in [0.1, 0.15) is 20.3 Å². The van der Waals surface area contributed by atoms with Crippen molar-refractivity contribution in [2.45, 2.75) is 25.2 Å². The maximum absolute atomic E-state index is 12.5. The highest BCUT2D eigenvalue weighted by atomic mass is 32.2. The van der Waals surface area contributed by atoms with E-state index < -0.39 is 10.0 Å². The molecule has 30 heavy (non-hydrogen) atoms. The molecular weight excluding hydrogens is 406 g/mol. The van der Waals surface area contributed by atoms with E-state index in [1.54, 1.807) is 4.90 Å². The fraction of sp³-hybridized carbons (Fsp3) is 0.333. The summed E-state index contributed by atoms with van der Waals surface area (Å²) in [5, 5.41) is 2.59. The maximum atomic E-state index is 12.5. The van der Waals surface area contributed by atoms with Crippen molar-refractivity contribution in [3.63, 3.8) is 0 Å². The Balaban J connectivity index is 1.59. The van der Waals surface area contributed by atoms with Gasteiger partial charge in [-0.05, 0) is 61.4 Å². The lowest BCUT2D eigenvalue weighted by Gasteiger charge is -2.17. The Labute approximate surface area is 176 Å². The maximum Gasteiger partial charge on any atom is 0.240 e. The lowest BCUT2D eigenvalue weighted by molar-refractivity contribution is -0.117. The summed E-state index contributed by atoms with van der Waals surface area (Å²) < 4.78 is 33.1. The largest absolute Gasteiger partial charge is 0.494 e. The Morgan fingerprint density at radius 1 is 1.13 bits per heavy atom. The summed E-state index contributed by atoms with van der Waals surface area (Å²) in [6.07, 6.45) is 0.275. The van der Waals surface area contributed by atoms with E-state index in [2.05, 4.69) is 10.0 Å². The van der Waals surface area contributed by atoms with Gasteiger partial charge in [0.05, 0.1) is 11.5 Å². The molecule has 1 fully saturated rings. The zero-order valence-electron chi connectivity index (χ0n) is 16.9. The van der Waals surface area contributed by atoms with E-state index >= 15 is 0 Å². The van der Waals surface area contributed by atoms with E-state index in [1.165, 1.54) is 31.2 Å². The molecule has 160 valence electrons. The second kappa shape index (κ2) is 9.27. The van der Waals surface area contributed by atoms with Gasteiger partial charge in [0.25, 0.3) is 0 Å². The smallest absolute Gasteiger partial charge is 0.240 e. The van der Waals surface area contributed by atoms with Crippen LogP contribution in [0.15, 0.2) is 53.4 Å². The van der Waals surface area contributed by atoms with Crippen LogP contribution < -0.4 is 19.7 Å². The second-order valence-electron chi connectivity index (χ2n) is 7.06. The summed E-state index contributed by atoms with van der Waals surface area (Å²) in [6.45, 7) is 4.46. The predicted molar refractivity (Wildman–Crippen MR) is 114 cm³/mol. The van der Waals surface area contributed by atoms with Gasteiger partial charge in [-0.25, -0.2) is 13.1 Å². The van der Waals surface area contributed by atoms with Crippen LogP contribution in [0.5, 0.6) is 5.75 Å². The number of benzene rings is 2. The van der Waals surface area contributed by atoms with Gasteiger partial charge < -0.3 is 15.0 Å². The minimum Gasteiger partial charge on any atom is -0.494 e. The topological polar surface area (TPSA) is 105 Å². The molecule has 2 aromatic rings.